The second kappa shape index (κ2) is 6.35. The minimum atomic E-state index is -0.978. The number of carbonyl (C=O) groups is 1. The Balaban J connectivity index is 1.37. The van der Waals surface area contributed by atoms with Gasteiger partial charge in [-0.1, -0.05) is 12.1 Å². The highest BCUT2D eigenvalue weighted by atomic mass is 16.7. The summed E-state index contributed by atoms with van der Waals surface area (Å²) < 4.78 is 26.7. The molecule has 1 N–H and O–H groups in total. The van der Waals surface area contributed by atoms with E-state index in [1.54, 1.807) is 18.2 Å². The van der Waals surface area contributed by atoms with Crippen LogP contribution in [0, 0.1) is 11.8 Å². The Morgan fingerprint density at radius 1 is 0.889 bits per heavy atom. The molecule has 3 aliphatic rings. The van der Waals surface area contributed by atoms with E-state index in [2.05, 4.69) is 0 Å². The first-order chi connectivity index (χ1) is 13.2. The van der Waals surface area contributed by atoms with E-state index in [0.717, 1.165) is 11.3 Å². The van der Waals surface area contributed by atoms with Gasteiger partial charge in [0.1, 0.15) is 0 Å². The monoisotopic (exact) mass is 370 g/mol. The van der Waals surface area contributed by atoms with Gasteiger partial charge in [-0.05, 0) is 41.8 Å². The Kier molecular flexibility index (Phi) is 3.82. The van der Waals surface area contributed by atoms with Crippen LogP contribution in [0.1, 0.15) is 17.2 Å². The number of hydrogen-bond acceptors (Lipinski definition) is 7. The molecule has 1 fully saturated rings. The highest BCUT2D eigenvalue weighted by Crippen LogP contribution is 2.41. The summed E-state index contributed by atoms with van der Waals surface area (Å²) in [6.07, 6.45) is -0.386. The van der Waals surface area contributed by atoms with Crippen LogP contribution >= 0.6 is 0 Å². The van der Waals surface area contributed by atoms with Gasteiger partial charge in [-0.15, -0.1) is 0 Å². The number of benzene rings is 2. The number of ether oxygens (including phenoxy) is 5. The number of fused-ring (bicyclic) bond motifs is 2. The largest absolute Gasteiger partial charge is 0.465 e. The third-order valence-corrected chi connectivity index (χ3v) is 5.23. The number of hydrogen-bond donors (Lipinski definition) is 1. The van der Waals surface area contributed by atoms with Gasteiger partial charge >= 0.3 is 5.97 Å². The fourth-order valence-corrected chi connectivity index (χ4v) is 3.83. The maximum Gasteiger partial charge on any atom is 0.312 e. The van der Waals surface area contributed by atoms with E-state index >= 15 is 0 Å². The summed E-state index contributed by atoms with van der Waals surface area (Å²) in [6, 6.07) is 10.9. The summed E-state index contributed by atoms with van der Waals surface area (Å²) in [6.45, 7) is 0.655. The number of aliphatic hydroxyl groups excluding tert-OH is 1. The predicted octanol–water partition coefficient (Wildman–Crippen LogP) is 2.21. The van der Waals surface area contributed by atoms with Gasteiger partial charge in [0.2, 0.25) is 13.6 Å². The number of carbonyl (C=O) groups excluding carboxylic acids is 1. The van der Waals surface area contributed by atoms with E-state index < -0.39 is 12.0 Å². The first kappa shape index (κ1) is 16.3. The van der Waals surface area contributed by atoms with Gasteiger partial charge < -0.3 is 28.8 Å². The molecule has 3 atom stereocenters. The van der Waals surface area contributed by atoms with E-state index in [1.807, 2.05) is 18.2 Å². The molecule has 3 aliphatic heterocycles. The van der Waals surface area contributed by atoms with Crippen molar-refractivity contribution < 1.29 is 33.6 Å². The Bertz CT molecular complexity index is 894. The van der Waals surface area contributed by atoms with Crippen LogP contribution in [-0.4, -0.2) is 31.3 Å². The van der Waals surface area contributed by atoms with Crippen molar-refractivity contribution >= 4 is 5.97 Å². The molecule has 7 heteroatoms. The summed E-state index contributed by atoms with van der Waals surface area (Å²) in [7, 11) is 0. The Hall–Kier alpha value is -2.93. The van der Waals surface area contributed by atoms with Crippen LogP contribution in [0.15, 0.2) is 36.4 Å². The average Bonchev–Trinajstić information content (AvgIpc) is 3.40. The summed E-state index contributed by atoms with van der Waals surface area (Å²) in [5.74, 6) is 1.46. The van der Waals surface area contributed by atoms with Crippen LogP contribution < -0.4 is 18.9 Å². The van der Waals surface area contributed by atoms with Crippen molar-refractivity contribution in [1.82, 2.24) is 0 Å². The lowest BCUT2D eigenvalue weighted by atomic mass is 9.83. The zero-order chi connectivity index (χ0) is 18.4. The number of rotatable bonds is 4. The maximum absolute atomic E-state index is 12.3. The van der Waals surface area contributed by atoms with E-state index in [0.29, 0.717) is 29.2 Å². The van der Waals surface area contributed by atoms with Gasteiger partial charge in [0.05, 0.1) is 18.6 Å². The van der Waals surface area contributed by atoms with Crippen LogP contribution in [0.25, 0.3) is 0 Å². The minimum Gasteiger partial charge on any atom is -0.465 e. The quantitative estimate of drug-likeness (QED) is 0.826. The van der Waals surface area contributed by atoms with Crippen molar-refractivity contribution in [3.8, 4) is 23.0 Å². The van der Waals surface area contributed by atoms with Crippen molar-refractivity contribution in [2.45, 2.75) is 12.5 Å². The van der Waals surface area contributed by atoms with E-state index in [9.17, 15) is 9.90 Å². The fourth-order valence-electron chi connectivity index (χ4n) is 3.83. The van der Waals surface area contributed by atoms with Crippen molar-refractivity contribution in [2.75, 3.05) is 20.2 Å². The number of cyclic esters (lactones) is 1. The average molecular weight is 370 g/mol. The molecule has 2 aromatic carbocycles. The van der Waals surface area contributed by atoms with Crippen molar-refractivity contribution in [2.24, 2.45) is 11.8 Å². The third kappa shape index (κ3) is 2.84. The number of aliphatic hydroxyl groups is 1. The minimum absolute atomic E-state index is 0.140. The van der Waals surface area contributed by atoms with Crippen molar-refractivity contribution in [1.29, 1.82) is 0 Å². The van der Waals surface area contributed by atoms with Gasteiger partial charge in [-0.2, -0.15) is 0 Å². The molecule has 27 heavy (non-hydrogen) atoms. The lowest BCUT2D eigenvalue weighted by Crippen LogP contribution is -2.25. The van der Waals surface area contributed by atoms with Crippen LogP contribution in [0.5, 0.6) is 23.0 Å². The highest BCUT2D eigenvalue weighted by molar-refractivity contribution is 5.76. The van der Waals surface area contributed by atoms with E-state index in [1.165, 1.54) is 0 Å². The first-order valence-corrected chi connectivity index (χ1v) is 8.82. The summed E-state index contributed by atoms with van der Waals surface area (Å²) in [4.78, 5) is 12.3. The second-order valence-electron chi connectivity index (χ2n) is 6.87. The van der Waals surface area contributed by atoms with E-state index in [-0.39, 0.29) is 32.1 Å². The normalized spacial score (nSPS) is 23.4. The van der Waals surface area contributed by atoms with Crippen LogP contribution in [-0.2, 0) is 16.0 Å². The molecular formula is C20H18O7. The topological polar surface area (TPSA) is 83.5 Å². The standard InChI is InChI=1S/C20H18O7/c21-19(12-2-4-15-17(7-12)27-10-25-15)18-13(8-23-20(18)22)5-11-1-3-14-16(6-11)26-9-24-14/h1-4,6-7,13,18-19,21H,5,8-10H2/t13-,18-,19-/m0/s1. The molecule has 7 nitrogen and oxygen atoms in total. The maximum atomic E-state index is 12.3. The molecule has 0 spiro atoms. The van der Waals surface area contributed by atoms with E-state index in [4.69, 9.17) is 23.7 Å². The SMILES string of the molecule is O=C1OC[C@H](Cc2ccc3c(c2)OCO3)[C@H]1[C@@H](O)c1ccc2c(c1)OCO2. The smallest absolute Gasteiger partial charge is 0.312 e. The van der Waals surface area contributed by atoms with Gasteiger partial charge in [-0.25, -0.2) is 0 Å². The van der Waals surface area contributed by atoms with Crippen LogP contribution in [0.4, 0.5) is 0 Å². The third-order valence-electron chi connectivity index (χ3n) is 5.23. The van der Waals surface area contributed by atoms with Gasteiger partial charge in [0, 0.05) is 5.92 Å². The molecule has 0 aromatic heterocycles. The molecule has 0 bridgehead atoms. The first-order valence-electron chi connectivity index (χ1n) is 8.82. The van der Waals surface area contributed by atoms with Gasteiger partial charge in [0.25, 0.3) is 0 Å². The Morgan fingerprint density at radius 3 is 2.33 bits per heavy atom. The summed E-state index contributed by atoms with van der Waals surface area (Å²) in [5.41, 5.74) is 1.62. The number of esters is 1. The zero-order valence-electron chi connectivity index (χ0n) is 14.4. The molecule has 0 radical (unpaired) electrons. The molecule has 5 rings (SSSR count). The fraction of sp³-hybridized carbons (Fsp3) is 0.350. The van der Waals surface area contributed by atoms with Crippen LogP contribution in [0.3, 0.4) is 0 Å². The molecule has 1 saturated heterocycles. The van der Waals surface area contributed by atoms with Crippen LogP contribution in [0.2, 0.25) is 0 Å². The molecule has 0 amide bonds. The molecule has 2 aromatic rings. The molecule has 140 valence electrons. The van der Waals surface area contributed by atoms with Gasteiger partial charge in [-0.3, -0.25) is 4.79 Å². The lowest BCUT2D eigenvalue weighted by molar-refractivity contribution is -0.144. The van der Waals surface area contributed by atoms with Crippen molar-refractivity contribution in [3.63, 3.8) is 0 Å². The molecule has 0 aliphatic carbocycles. The Labute approximate surface area is 155 Å². The summed E-state index contributed by atoms with van der Waals surface area (Å²) >= 11 is 0. The zero-order valence-corrected chi connectivity index (χ0v) is 14.4. The molecular weight excluding hydrogens is 352 g/mol. The van der Waals surface area contributed by atoms with Crippen molar-refractivity contribution in [3.05, 3.63) is 47.5 Å². The summed E-state index contributed by atoms with van der Waals surface area (Å²) in [5, 5.41) is 10.9. The predicted molar refractivity (Wildman–Crippen MR) is 91.7 cm³/mol. The lowest BCUT2D eigenvalue weighted by Gasteiger charge is -2.21. The van der Waals surface area contributed by atoms with Gasteiger partial charge in [0.15, 0.2) is 23.0 Å². The molecule has 0 saturated carbocycles. The molecule has 3 heterocycles. The highest BCUT2D eigenvalue weighted by Gasteiger charge is 2.42. The molecule has 0 unspecified atom stereocenters. The second-order valence-corrected chi connectivity index (χ2v) is 6.87. The Morgan fingerprint density at radius 2 is 1.56 bits per heavy atom.